The topological polar surface area (TPSA) is 214 Å². The highest BCUT2D eigenvalue weighted by Crippen LogP contribution is 2.59. The van der Waals surface area contributed by atoms with Crippen molar-refractivity contribution in [3.05, 3.63) is 194 Å². The summed E-state index contributed by atoms with van der Waals surface area (Å²) in [6.07, 6.45) is -21.9. The lowest BCUT2D eigenvalue weighted by Crippen LogP contribution is -2.58. The second-order valence-electron chi connectivity index (χ2n) is 29.0. The maximum atomic E-state index is 15.1. The van der Waals surface area contributed by atoms with Gasteiger partial charge in [0.05, 0.1) is 50.2 Å². The normalized spacial score (nSPS) is 15.9. The average Bonchev–Trinajstić information content (AvgIpc) is 1.66. The predicted octanol–water partition coefficient (Wildman–Crippen LogP) is 17.6. The van der Waals surface area contributed by atoms with Crippen molar-refractivity contribution in [2.75, 3.05) is 45.4 Å². The number of rotatable bonds is 29. The molecule has 0 aromatic heterocycles. The van der Waals surface area contributed by atoms with E-state index < -0.39 is 175 Å². The standard InChI is InChI=1S/C42H64F6N2O10Si5.C33H20F6N2O5/c1-13-17-24-62(8,9)59-64(12,26-27-65(55-14-2,56-15-3)57-16-4)60-63(10,11)58-61(6,7)25-18-23-50-38(53)33-22-20-31(29-35(33)39(50)54)40(41(43,44)45,42(46,47)48)30-19-21-32-34(28-30)37(52)49(5)36(32)51;1-17-3-9-21(10-4-17)46-22-11-7-20(8-12-22)41-29(44)24-14-6-19(16-26(24)30(41)45)31(32(34,35)36,33(37,38)39)18-5-13-23-25(15-18)28(43)40(2)27(23)42/h19-22,28-29H,13-18,23-27H2,1-12H3;3-16H,1-2H3. The minimum atomic E-state index is -6.06. The van der Waals surface area contributed by atoms with E-state index in [4.69, 9.17) is 30.4 Å². The van der Waals surface area contributed by atoms with Gasteiger partial charge in [0, 0.05) is 46.5 Å². The van der Waals surface area contributed by atoms with Gasteiger partial charge in [-0.15, -0.1) is 0 Å². The number of amides is 8. The molecule has 0 bridgehead atoms. The SMILES string of the molecule is CCCC[Si](C)(C)O[Si](C)(CC[Si](OCC)(OCC)OCC)O[Si](C)(C)O[Si](C)(C)CCCN1C(=O)c2ccc(C(c3ccc4c(c3)C(=O)N(C)C4=O)(C(F)(F)F)C(F)(F)F)cc2C1=O.Cc1ccc(Oc2ccc(N3C(=O)c4ccc(C(c5ccc6c(c5)C(=O)N(C)C6=O)(C(F)(F)F)C(F)(F)F)cc4C3=O)cc2)cc1. The fourth-order valence-electron chi connectivity index (χ4n) is 14.7. The second kappa shape index (κ2) is 31.9. The van der Waals surface area contributed by atoms with Gasteiger partial charge in [0.1, 0.15) is 11.5 Å². The number of halogens is 12. The number of imide groups is 4. The molecule has 6 aromatic rings. The highest BCUT2D eigenvalue weighted by atomic mass is 28.5. The van der Waals surface area contributed by atoms with Gasteiger partial charge in [0.25, 0.3) is 47.3 Å². The molecule has 4 aliphatic rings. The number of ether oxygens (including phenoxy) is 1. The number of nitrogens with zero attached hydrogens (tertiary/aromatic N) is 4. The van der Waals surface area contributed by atoms with Crippen LogP contribution in [0.1, 0.15) is 158 Å². The van der Waals surface area contributed by atoms with Gasteiger partial charge in [-0.25, -0.2) is 4.90 Å². The number of fused-ring (bicyclic) bond motifs is 4. The summed E-state index contributed by atoms with van der Waals surface area (Å²) >= 11 is 0. The van der Waals surface area contributed by atoms with Crippen LogP contribution >= 0.6 is 0 Å². The van der Waals surface area contributed by atoms with Crippen LogP contribution in [-0.4, -0.2) is 170 Å². The van der Waals surface area contributed by atoms with Gasteiger partial charge in [0.15, 0.2) is 16.6 Å². The summed E-state index contributed by atoms with van der Waals surface area (Å²) in [6, 6.07) is 21.8. The highest BCUT2D eigenvalue weighted by Gasteiger charge is 2.74. The van der Waals surface area contributed by atoms with Crippen molar-refractivity contribution in [3.63, 3.8) is 0 Å². The third-order valence-corrected chi connectivity index (χ3v) is 39.2. The molecule has 0 saturated heterocycles. The second-order valence-corrected chi connectivity index (χ2v) is 47.8. The first-order valence-electron chi connectivity index (χ1n) is 35.6. The molecule has 0 N–H and O–H groups in total. The predicted molar refractivity (Wildman–Crippen MR) is 395 cm³/mol. The van der Waals surface area contributed by atoms with E-state index in [1.807, 2.05) is 66.0 Å². The van der Waals surface area contributed by atoms with Crippen molar-refractivity contribution >= 4 is 95.5 Å². The molecule has 19 nitrogen and oxygen atoms in total. The number of hydrogen-bond donors (Lipinski definition) is 0. The van der Waals surface area contributed by atoms with Gasteiger partial charge in [-0.1, -0.05) is 61.7 Å². The van der Waals surface area contributed by atoms with E-state index in [2.05, 4.69) is 26.6 Å². The Kier molecular flexibility index (Phi) is 24.9. The molecule has 4 aliphatic heterocycles. The lowest BCUT2D eigenvalue weighted by molar-refractivity contribution is -0.290. The zero-order valence-corrected chi connectivity index (χ0v) is 68.3. The summed E-state index contributed by atoms with van der Waals surface area (Å²) in [6.45, 7) is 25.1. The number of anilines is 1. The third-order valence-electron chi connectivity index (χ3n) is 19.6. The van der Waals surface area contributed by atoms with Crippen LogP contribution in [-0.2, 0) is 36.5 Å². The largest absolute Gasteiger partial charge is 0.500 e. The Hall–Kier alpha value is -8.32. The fourth-order valence-corrected chi connectivity index (χ4v) is 38.8. The molecule has 0 radical (unpaired) electrons. The smallest absolute Gasteiger partial charge is 0.457 e. The Morgan fingerprint density at radius 1 is 0.369 bits per heavy atom. The molecule has 111 heavy (non-hydrogen) atoms. The maximum Gasteiger partial charge on any atom is 0.500 e. The molecule has 10 rings (SSSR count). The van der Waals surface area contributed by atoms with Crippen molar-refractivity contribution in [2.24, 2.45) is 0 Å². The third kappa shape index (κ3) is 16.9. The van der Waals surface area contributed by atoms with Crippen LogP contribution in [0.25, 0.3) is 0 Å². The van der Waals surface area contributed by atoms with Crippen LogP contribution < -0.4 is 9.64 Å². The Labute approximate surface area is 638 Å². The van der Waals surface area contributed by atoms with Gasteiger partial charge < -0.3 is 30.4 Å². The first-order valence-corrected chi connectivity index (χ1v) is 49.1. The quantitative estimate of drug-likeness (QED) is 0.0243. The van der Waals surface area contributed by atoms with E-state index in [9.17, 15) is 64.7 Å². The molecule has 0 aliphatic carbocycles. The monoisotopic (exact) mass is 1650 g/mol. The Morgan fingerprint density at radius 2 is 0.703 bits per heavy atom. The molecule has 0 fully saturated rings. The van der Waals surface area contributed by atoms with Crippen molar-refractivity contribution in [3.8, 4) is 11.5 Å². The van der Waals surface area contributed by atoms with Gasteiger partial charge >= 0.3 is 50.6 Å². The summed E-state index contributed by atoms with van der Waals surface area (Å²) in [5, 5.41) is 0. The summed E-state index contributed by atoms with van der Waals surface area (Å²) in [7, 11) is -11.8. The van der Waals surface area contributed by atoms with E-state index in [0.29, 0.717) is 113 Å². The number of carbonyl (C=O) groups excluding carboxylic acids is 8. The molecule has 6 aromatic carbocycles. The molecule has 8 amide bonds. The van der Waals surface area contributed by atoms with Gasteiger partial charge in [0.2, 0.25) is 10.8 Å². The first-order chi connectivity index (χ1) is 51.5. The lowest BCUT2D eigenvalue weighted by Gasteiger charge is -2.43. The van der Waals surface area contributed by atoms with E-state index in [0.717, 1.165) is 67.7 Å². The summed E-state index contributed by atoms with van der Waals surface area (Å²) < 4.78 is 225. The molecule has 36 heteroatoms. The first kappa shape index (κ1) is 86.7. The summed E-state index contributed by atoms with van der Waals surface area (Å²) in [5.74, 6) is -7.03. The lowest BCUT2D eigenvalue weighted by atomic mass is 9.71. The molecule has 0 saturated carbocycles. The minimum Gasteiger partial charge on any atom is -0.457 e. The highest BCUT2D eigenvalue weighted by molar-refractivity contribution is 6.90. The molecule has 1 unspecified atom stereocenters. The Morgan fingerprint density at radius 3 is 1.10 bits per heavy atom. The molecule has 0 spiro atoms. The molecule has 4 heterocycles. The van der Waals surface area contributed by atoms with Crippen molar-refractivity contribution in [1.82, 2.24) is 14.7 Å². The van der Waals surface area contributed by atoms with Crippen LogP contribution in [0.15, 0.2) is 121 Å². The Bertz CT molecular complexity index is 4570. The number of alkyl halides is 12. The van der Waals surface area contributed by atoms with E-state index >= 15 is 26.3 Å². The summed E-state index contributed by atoms with van der Waals surface area (Å²) in [5.41, 5.74) is -18.0. The van der Waals surface area contributed by atoms with Crippen LogP contribution in [0, 0.1) is 6.92 Å². The zero-order valence-electron chi connectivity index (χ0n) is 63.3. The maximum absolute atomic E-state index is 15.1. The number of carbonyl (C=O) groups is 8. The van der Waals surface area contributed by atoms with Gasteiger partial charge in [-0.2, -0.15) is 52.7 Å². The molecular weight excluding hydrogens is 1570 g/mol. The van der Waals surface area contributed by atoms with Gasteiger partial charge in [-0.05, 0) is 205 Å². The number of hydrogen-bond acceptors (Lipinski definition) is 15. The Balaban J connectivity index is 0.000000269. The molecular formula is C75H84F12N4O15Si5. The van der Waals surface area contributed by atoms with Crippen LogP contribution in [0.5, 0.6) is 11.5 Å². The van der Waals surface area contributed by atoms with Crippen molar-refractivity contribution in [1.29, 1.82) is 0 Å². The van der Waals surface area contributed by atoms with E-state index in [-0.39, 0.29) is 35.3 Å². The van der Waals surface area contributed by atoms with E-state index in [1.54, 1.807) is 12.1 Å². The number of aryl methyl sites for hydroxylation is 1. The van der Waals surface area contributed by atoms with Crippen molar-refractivity contribution in [2.45, 2.75) is 159 Å². The summed E-state index contributed by atoms with van der Waals surface area (Å²) in [4.78, 5) is 106. The van der Waals surface area contributed by atoms with Gasteiger partial charge in [-0.3, -0.25) is 53.1 Å². The fraction of sp³-hybridized carbons (Fsp3) is 0.413. The average molecular weight is 1650 g/mol. The minimum absolute atomic E-state index is 0.00725. The molecule has 598 valence electrons. The zero-order chi connectivity index (χ0) is 82.5. The van der Waals surface area contributed by atoms with Crippen molar-refractivity contribution < 1.29 is 121 Å². The van der Waals surface area contributed by atoms with E-state index in [1.165, 1.54) is 24.3 Å². The number of benzene rings is 6. The van der Waals surface area contributed by atoms with Crippen LogP contribution in [0.4, 0.5) is 58.4 Å². The van der Waals surface area contributed by atoms with Crippen LogP contribution in [0.2, 0.25) is 70.0 Å². The van der Waals surface area contributed by atoms with Crippen LogP contribution in [0.3, 0.4) is 0 Å². The number of unbranched alkanes of at least 4 members (excludes halogenated alkanes) is 1. The molecule has 1 atom stereocenters.